The van der Waals surface area contributed by atoms with Crippen LogP contribution in [0.4, 0.5) is 5.69 Å². The Morgan fingerprint density at radius 2 is 1.58 bits per heavy atom. The second kappa shape index (κ2) is 12.9. The summed E-state index contributed by atoms with van der Waals surface area (Å²) in [7, 11) is 0. The fourth-order valence-electron chi connectivity index (χ4n) is 11.4. The van der Waals surface area contributed by atoms with Crippen LogP contribution in [0.2, 0.25) is 0 Å². The van der Waals surface area contributed by atoms with E-state index in [0.29, 0.717) is 46.7 Å². The van der Waals surface area contributed by atoms with Crippen molar-refractivity contribution < 1.29 is 52.6 Å². The maximum Gasteiger partial charge on any atom is 0.308 e. The van der Waals surface area contributed by atoms with Crippen molar-refractivity contribution in [1.29, 1.82) is 0 Å². The smallest absolute Gasteiger partial charge is 0.308 e. The normalized spacial score (nSPS) is 38.5. The summed E-state index contributed by atoms with van der Waals surface area (Å²) in [6.07, 6.45) is 0.191. The van der Waals surface area contributed by atoms with E-state index in [1.54, 1.807) is 12.1 Å². The van der Waals surface area contributed by atoms with E-state index in [2.05, 4.69) is 12.2 Å². The number of esters is 2. The van der Waals surface area contributed by atoms with E-state index in [4.69, 9.17) is 33.5 Å². The van der Waals surface area contributed by atoms with E-state index in [-0.39, 0.29) is 42.2 Å². The lowest BCUT2D eigenvalue weighted by Gasteiger charge is -2.59. The van der Waals surface area contributed by atoms with Crippen LogP contribution in [-0.4, -0.2) is 65.2 Å². The van der Waals surface area contributed by atoms with Gasteiger partial charge in [0.2, 0.25) is 12.1 Å². The summed E-state index contributed by atoms with van der Waals surface area (Å²) in [5, 5.41) is 5.21. The van der Waals surface area contributed by atoms with Gasteiger partial charge in [-0.2, -0.15) is 0 Å². The van der Waals surface area contributed by atoms with Crippen molar-refractivity contribution in [2.45, 2.75) is 134 Å². The van der Waals surface area contributed by atoms with Gasteiger partial charge in [0.15, 0.2) is 29.6 Å². The highest BCUT2D eigenvalue weighted by molar-refractivity contribution is 6.33. The van der Waals surface area contributed by atoms with Gasteiger partial charge in [-0.15, -0.1) is 0 Å². The van der Waals surface area contributed by atoms with E-state index in [1.807, 2.05) is 65.0 Å². The SMILES string of the molecule is Cc1ccc2c3c(ccc2c1)C(=O)c1c(ccc2c1NC1(C)CC2O[C@@H](C)[C@@H]1OC(=O)CCC(=O)OC1O[C@@H]2O[C@]4(C)CC[C@H]5[C@H](C)CC[C@@H]([C@H]1C)[C@@]25OO4)C3=O. The molecule has 8 aliphatic rings. The van der Waals surface area contributed by atoms with E-state index in [9.17, 15) is 19.2 Å². The molecule has 3 aromatic rings. The maximum absolute atomic E-state index is 14.3. The van der Waals surface area contributed by atoms with Crippen molar-refractivity contribution in [2.75, 3.05) is 5.32 Å². The molecule has 1 spiro atoms. The minimum atomic E-state index is -0.950. The van der Waals surface area contributed by atoms with Crippen molar-refractivity contribution in [3.8, 4) is 0 Å². The molecule has 0 amide bonds. The van der Waals surface area contributed by atoms with Gasteiger partial charge in [-0.1, -0.05) is 49.7 Å². The molecule has 0 radical (unpaired) electrons. The molecule has 6 heterocycles. The molecule has 1 saturated carbocycles. The molecule has 6 fully saturated rings. The fourth-order valence-corrected chi connectivity index (χ4v) is 11.4. The van der Waals surface area contributed by atoms with Gasteiger partial charge in [-0.05, 0) is 81.7 Å². The molecule has 5 saturated heterocycles. The minimum Gasteiger partial charge on any atom is -0.457 e. The number of carbonyl (C=O) groups is 4. The molecule has 12 heteroatoms. The Morgan fingerprint density at radius 1 is 0.842 bits per heavy atom. The lowest BCUT2D eigenvalue weighted by atomic mass is 9.58. The first-order chi connectivity index (χ1) is 27.2. The van der Waals surface area contributed by atoms with Crippen LogP contribution in [-0.2, 0) is 43.0 Å². The van der Waals surface area contributed by atoms with Gasteiger partial charge in [0.25, 0.3) is 0 Å². The van der Waals surface area contributed by atoms with Crippen LogP contribution in [0.1, 0.15) is 129 Å². The zero-order valence-electron chi connectivity index (χ0n) is 33.2. The number of fused-ring (bicyclic) bond motifs is 11. The first-order valence-corrected chi connectivity index (χ1v) is 20.5. The van der Waals surface area contributed by atoms with Crippen molar-refractivity contribution in [1.82, 2.24) is 0 Å². The van der Waals surface area contributed by atoms with Gasteiger partial charge in [-0.25, -0.2) is 9.78 Å². The zero-order valence-corrected chi connectivity index (χ0v) is 33.2. The number of ketones is 2. The third-order valence-corrected chi connectivity index (χ3v) is 14.3. The molecule has 2 aliphatic carbocycles. The Bertz CT molecular complexity index is 2250. The molecular formula is C45H49NO11. The predicted octanol–water partition coefficient (Wildman–Crippen LogP) is 7.40. The van der Waals surface area contributed by atoms with E-state index >= 15 is 0 Å². The molecule has 12 atom stereocenters. The number of carbonyl (C=O) groups excluding carboxylic acids is 4. The molecule has 300 valence electrons. The number of hydrogen-bond donors (Lipinski definition) is 1. The highest BCUT2D eigenvalue weighted by Gasteiger charge is 2.70. The Morgan fingerprint density at radius 3 is 2.39 bits per heavy atom. The maximum atomic E-state index is 14.3. The highest BCUT2D eigenvalue weighted by atomic mass is 17.3. The van der Waals surface area contributed by atoms with Crippen LogP contribution in [0.15, 0.2) is 42.5 Å². The van der Waals surface area contributed by atoms with Gasteiger partial charge < -0.3 is 29.0 Å². The second-order valence-corrected chi connectivity index (χ2v) is 18.1. The summed E-state index contributed by atoms with van der Waals surface area (Å²) in [4.78, 5) is 67.3. The zero-order chi connectivity index (χ0) is 39.8. The summed E-state index contributed by atoms with van der Waals surface area (Å²) in [6, 6.07) is 13.1. The average molecular weight is 780 g/mol. The summed E-state index contributed by atoms with van der Waals surface area (Å²) >= 11 is 0. The van der Waals surface area contributed by atoms with Crippen LogP contribution in [0, 0.1) is 30.6 Å². The number of benzene rings is 3. The van der Waals surface area contributed by atoms with E-state index in [1.165, 1.54) is 0 Å². The minimum absolute atomic E-state index is 0.00803. The van der Waals surface area contributed by atoms with Crippen molar-refractivity contribution >= 4 is 40.0 Å². The lowest BCUT2D eigenvalue weighted by molar-refractivity contribution is -0.576. The molecule has 3 aromatic carbocycles. The van der Waals surface area contributed by atoms with E-state index < -0.39 is 59.8 Å². The first-order valence-electron chi connectivity index (χ1n) is 20.5. The Hall–Kier alpha value is -4.20. The number of anilines is 1. The summed E-state index contributed by atoms with van der Waals surface area (Å²) in [5.41, 5.74) is 2.15. The van der Waals surface area contributed by atoms with Crippen LogP contribution < -0.4 is 5.32 Å². The van der Waals surface area contributed by atoms with Crippen molar-refractivity contribution in [2.24, 2.45) is 23.7 Å². The summed E-state index contributed by atoms with van der Waals surface area (Å²) < 4.78 is 31.3. The first kappa shape index (κ1) is 37.1. The molecule has 57 heavy (non-hydrogen) atoms. The lowest BCUT2D eigenvalue weighted by Crippen LogP contribution is -2.70. The van der Waals surface area contributed by atoms with Gasteiger partial charge in [0, 0.05) is 46.9 Å². The average Bonchev–Trinajstić information content (AvgIpc) is 3.41. The molecule has 11 rings (SSSR count). The Labute approximate surface area is 331 Å². The topological polar surface area (TPSA) is 145 Å². The second-order valence-electron chi connectivity index (χ2n) is 18.1. The third-order valence-electron chi connectivity index (χ3n) is 14.3. The van der Waals surface area contributed by atoms with Gasteiger partial charge >= 0.3 is 11.9 Å². The third kappa shape index (κ3) is 5.50. The monoisotopic (exact) mass is 779 g/mol. The van der Waals surface area contributed by atoms with Gasteiger partial charge in [0.1, 0.15) is 0 Å². The molecule has 4 bridgehead atoms. The standard InChI is InChI=1S/C45H49NO11/c1-21-7-10-26-25(19-21)9-11-28-35(26)38(49)29-13-12-27-32-20-43(5,46-37(27)36(29)39(28)50)40(24(4)51-32)52-33(47)15-16-34(48)53-41-23(3)31-14-8-22(2)30-17-18-44(6)55-42(54-41)45(30,31)57-56-44/h7,9-13,19,22-24,30-32,40-42,46H,8,14-18,20H2,1-6H3/t22-,23-,24+,30+,31+,32?,40+,41?,42-,43?,44+,45-/m1/s1. The van der Waals surface area contributed by atoms with Crippen LogP contribution in [0.3, 0.4) is 0 Å². The molecule has 0 aromatic heterocycles. The summed E-state index contributed by atoms with van der Waals surface area (Å²) in [5.74, 6) is -2.18. The van der Waals surface area contributed by atoms with E-state index in [0.717, 1.165) is 41.2 Å². The van der Waals surface area contributed by atoms with Crippen molar-refractivity contribution in [3.63, 3.8) is 0 Å². The van der Waals surface area contributed by atoms with Crippen molar-refractivity contribution in [3.05, 3.63) is 75.8 Å². The molecule has 6 aliphatic heterocycles. The Balaban J connectivity index is 0.833. The predicted molar refractivity (Wildman–Crippen MR) is 204 cm³/mol. The quantitative estimate of drug-likeness (QED) is 0.159. The van der Waals surface area contributed by atoms with Gasteiger partial charge in [0.05, 0.1) is 41.8 Å². The summed E-state index contributed by atoms with van der Waals surface area (Å²) in [6.45, 7) is 11.9. The number of hydrogen-bond acceptors (Lipinski definition) is 12. The Kier molecular flexibility index (Phi) is 8.39. The number of rotatable bonds is 5. The molecule has 3 unspecified atom stereocenters. The number of aryl methyl sites for hydroxylation is 1. The molecule has 1 N–H and O–H groups in total. The number of ether oxygens (including phenoxy) is 5. The number of nitrogens with one attached hydrogen (secondary N) is 1. The largest absolute Gasteiger partial charge is 0.457 e. The molecule has 12 nitrogen and oxygen atoms in total. The molecular weight excluding hydrogens is 730 g/mol. The van der Waals surface area contributed by atoms with Crippen LogP contribution in [0.5, 0.6) is 0 Å². The van der Waals surface area contributed by atoms with Crippen LogP contribution in [0.25, 0.3) is 10.8 Å². The van der Waals surface area contributed by atoms with Gasteiger partial charge in [-0.3, -0.25) is 19.2 Å². The highest BCUT2D eigenvalue weighted by Crippen LogP contribution is 2.61. The van der Waals surface area contributed by atoms with Crippen LogP contribution >= 0.6 is 0 Å². The fraction of sp³-hybridized carbons (Fsp3) is 0.556.